The highest BCUT2D eigenvalue weighted by molar-refractivity contribution is 7.89. The van der Waals surface area contributed by atoms with Crippen molar-refractivity contribution in [2.75, 3.05) is 0 Å². The van der Waals surface area contributed by atoms with Gasteiger partial charge in [0, 0.05) is 32.4 Å². The van der Waals surface area contributed by atoms with Crippen LogP contribution in [0.4, 0.5) is 0 Å². The van der Waals surface area contributed by atoms with Gasteiger partial charge in [-0.2, -0.15) is 5.10 Å². The predicted octanol–water partition coefficient (Wildman–Crippen LogP) is 0.459. The van der Waals surface area contributed by atoms with Crippen molar-refractivity contribution in [3.05, 3.63) is 30.0 Å². The van der Waals surface area contributed by atoms with Crippen molar-refractivity contribution in [3.8, 4) is 0 Å². The third-order valence-electron chi connectivity index (χ3n) is 3.00. The molecule has 0 saturated carbocycles. The van der Waals surface area contributed by atoms with Gasteiger partial charge in [0.25, 0.3) is 10.0 Å². The molecule has 2 aromatic rings. The van der Waals surface area contributed by atoms with Gasteiger partial charge in [-0.15, -0.1) is 0 Å². The minimum Gasteiger partial charge on any atom is -0.333 e. The van der Waals surface area contributed by atoms with Crippen molar-refractivity contribution in [1.82, 2.24) is 19.3 Å². The highest BCUT2D eigenvalue weighted by Crippen LogP contribution is 2.11. The van der Waals surface area contributed by atoms with Gasteiger partial charge in [0.15, 0.2) is 5.03 Å². The first-order valence-corrected chi connectivity index (χ1v) is 8.01. The highest BCUT2D eigenvalue weighted by Gasteiger charge is 2.15. The molecule has 0 aliphatic carbocycles. The van der Waals surface area contributed by atoms with E-state index in [1.807, 2.05) is 24.7 Å². The average Bonchev–Trinajstić information content (AvgIpc) is 2.93. The first-order valence-electron chi connectivity index (χ1n) is 6.46. The van der Waals surface area contributed by atoms with E-state index in [0.29, 0.717) is 6.54 Å². The van der Waals surface area contributed by atoms with Gasteiger partial charge in [-0.3, -0.25) is 4.68 Å². The number of sulfonamides is 1. The molecule has 0 aromatic carbocycles. The largest absolute Gasteiger partial charge is 0.333 e. The van der Waals surface area contributed by atoms with E-state index >= 15 is 0 Å². The molecule has 0 unspecified atom stereocenters. The van der Waals surface area contributed by atoms with E-state index in [1.54, 1.807) is 10.9 Å². The molecule has 0 aliphatic heterocycles. The number of nitrogens with two attached hydrogens (primary N) is 1. The molecule has 2 rings (SSSR count). The lowest BCUT2D eigenvalue weighted by atomic mass is 10.2. The topological polar surface area (TPSA) is 95.8 Å². The number of hydrogen-bond donors (Lipinski definition) is 1. The summed E-state index contributed by atoms with van der Waals surface area (Å²) in [5.41, 5.74) is 1.10. The molecule has 2 aromatic heterocycles. The summed E-state index contributed by atoms with van der Waals surface area (Å²) < 4.78 is 26.3. The Morgan fingerprint density at radius 3 is 2.60 bits per heavy atom. The summed E-state index contributed by atoms with van der Waals surface area (Å²) >= 11 is 0. The number of primary sulfonamides is 1. The maximum absolute atomic E-state index is 11.4. The molecule has 0 spiro atoms. The summed E-state index contributed by atoms with van der Waals surface area (Å²) in [5, 5.41) is 9.17. The molecule has 0 bridgehead atoms. The van der Waals surface area contributed by atoms with Crippen LogP contribution in [0.25, 0.3) is 0 Å². The van der Waals surface area contributed by atoms with Crippen molar-refractivity contribution in [1.29, 1.82) is 0 Å². The van der Waals surface area contributed by atoms with Crippen LogP contribution in [0, 0.1) is 0 Å². The molecular formula is C12H19N5O2S. The van der Waals surface area contributed by atoms with Crippen LogP contribution in [0.2, 0.25) is 0 Å². The Hall–Kier alpha value is -1.67. The first kappa shape index (κ1) is 14.7. The molecule has 0 fully saturated rings. The van der Waals surface area contributed by atoms with Gasteiger partial charge in [-0.05, 0) is 18.4 Å². The number of aromatic nitrogens is 4. The Kier molecular flexibility index (Phi) is 4.24. The van der Waals surface area contributed by atoms with Crippen molar-refractivity contribution in [2.24, 2.45) is 12.2 Å². The Labute approximate surface area is 118 Å². The Bertz CT molecular complexity index is 687. The van der Waals surface area contributed by atoms with Crippen molar-refractivity contribution in [2.45, 2.75) is 37.8 Å². The third kappa shape index (κ3) is 3.45. The standard InChI is InChI=1S/C12H19N5O2S/c1-3-4-11-15-12(20(13,18)19)9-17(11)6-5-10-7-14-16(2)8-10/h7-9H,3-6H2,1-2H3,(H2,13,18,19). The SMILES string of the molecule is CCCc1nc(S(N)(=O)=O)cn1CCc1cnn(C)c1. The maximum atomic E-state index is 11.4. The zero-order chi connectivity index (χ0) is 14.8. The summed E-state index contributed by atoms with van der Waals surface area (Å²) in [4.78, 5) is 4.12. The Morgan fingerprint density at radius 2 is 2.05 bits per heavy atom. The predicted molar refractivity (Wildman–Crippen MR) is 74.5 cm³/mol. The lowest BCUT2D eigenvalue weighted by Crippen LogP contribution is -2.12. The zero-order valence-corrected chi connectivity index (χ0v) is 12.5. The van der Waals surface area contributed by atoms with Gasteiger partial charge >= 0.3 is 0 Å². The summed E-state index contributed by atoms with van der Waals surface area (Å²) in [6.07, 6.45) is 7.65. The van der Waals surface area contributed by atoms with E-state index < -0.39 is 10.0 Å². The molecular weight excluding hydrogens is 278 g/mol. The minimum absolute atomic E-state index is 0.0628. The third-order valence-corrected chi connectivity index (χ3v) is 3.78. The second kappa shape index (κ2) is 5.76. The van der Waals surface area contributed by atoms with E-state index in [1.165, 1.54) is 6.20 Å². The van der Waals surface area contributed by atoms with Crippen LogP contribution in [0.3, 0.4) is 0 Å². The van der Waals surface area contributed by atoms with Gasteiger partial charge in [-0.25, -0.2) is 18.5 Å². The summed E-state index contributed by atoms with van der Waals surface area (Å²) in [6.45, 7) is 2.68. The second-order valence-electron chi connectivity index (χ2n) is 4.76. The van der Waals surface area contributed by atoms with Crippen molar-refractivity contribution >= 4 is 10.0 Å². The number of rotatable bonds is 6. The summed E-state index contributed by atoms with van der Waals surface area (Å²) in [5.74, 6) is 0.750. The second-order valence-corrected chi connectivity index (χ2v) is 6.26. The minimum atomic E-state index is -3.75. The average molecular weight is 297 g/mol. The van der Waals surface area contributed by atoms with E-state index in [4.69, 9.17) is 5.14 Å². The molecule has 20 heavy (non-hydrogen) atoms. The fourth-order valence-corrected chi connectivity index (χ4v) is 2.54. The van der Waals surface area contributed by atoms with Crippen molar-refractivity contribution in [3.63, 3.8) is 0 Å². The fraction of sp³-hybridized carbons (Fsp3) is 0.500. The van der Waals surface area contributed by atoms with Gasteiger partial charge < -0.3 is 4.57 Å². The smallest absolute Gasteiger partial charge is 0.257 e. The molecule has 2 N–H and O–H groups in total. The van der Waals surface area contributed by atoms with Crippen LogP contribution in [-0.4, -0.2) is 27.7 Å². The van der Waals surface area contributed by atoms with E-state index in [9.17, 15) is 8.42 Å². The number of aryl methyl sites for hydroxylation is 4. The van der Waals surface area contributed by atoms with Crippen LogP contribution in [0.1, 0.15) is 24.7 Å². The molecule has 0 amide bonds. The molecule has 0 atom stereocenters. The number of imidazole rings is 1. The zero-order valence-electron chi connectivity index (χ0n) is 11.7. The van der Waals surface area contributed by atoms with Crippen LogP contribution in [-0.2, 0) is 36.5 Å². The molecule has 110 valence electrons. The number of nitrogens with zero attached hydrogens (tertiary/aromatic N) is 4. The molecule has 0 radical (unpaired) electrons. The van der Waals surface area contributed by atoms with E-state index in [2.05, 4.69) is 10.1 Å². The maximum Gasteiger partial charge on any atom is 0.257 e. The monoisotopic (exact) mass is 297 g/mol. The van der Waals surface area contributed by atoms with Crippen LogP contribution < -0.4 is 5.14 Å². The lowest BCUT2D eigenvalue weighted by Gasteiger charge is -2.05. The van der Waals surface area contributed by atoms with E-state index in [0.717, 1.165) is 30.7 Å². The Morgan fingerprint density at radius 1 is 1.30 bits per heavy atom. The van der Waals surface area contributed by atoms with E-state index in [-0.39, 0.29) is 5.03 Å². The molecule has 0 saturated heterocycles. The van der Waals surface area contributed by atoms with Crippen LogP contribution in [0.5, 0.6) is 0 Å². The quantitative estimate of drug-likeness (QED) is 0.837. The fourth-order valence-electron chi connectivity index (χ4n) is 2.03. The van der Waals surface area contributed by atoms with Gasteiger partial charge in [-0.1, -0.05) is 6.92 Å². The first-order chi connectivity index (χ1) is 9.40. The van der Waals surface area contributed by atoms with Crippen molar-refractivity contribution < 1.29 is 8.42 Å². The number of hydrogen-bond acceptors (Lipinski definition) is 4. The van der Waals surface area contributed by atoms with Gasteiger partial charge in [0.2, 0.25) is 0 Å². The lowest BCUT2D eigenvalue weighted by molar-refractivity contribution is 0.594. The normalized spacial score (nSPS) is 11.9. The molecule has 8 heteroatoms. The molecule has 0 aliphatic rings. The van der Waals surface area contributed by atoms with Gasteiger partial charge in [0.05, 0.1) is 6.20 Å². The summed E-state index contributed by atoms with van der Waals surface area (Å²) in [7, 11) is -1.89. The van der Waals surface area contributed by atoms with Crippen LogP contribution >= 0.6 is 0 Å². The summed E-state index contributed by atoms with van der Waals surface area (Å²) in [6, 6.07) is 0. The van der Waals surface area contributed by atoms with Gasteiger partial charge in [0.1, 0.15) is 5.82 Å². The molecule has 7 nitrogen and oxygen atoms in total. The molecule has 2 heterocycles. The Balaban J connectivity index is 2.19. The highest BCUT2D eigenvalue weighted by atomic mass is 32.2. The van der Waals surface area contributed by atoms with Crippen LogP contribution in [0.15, 0.2) is 23.6 Å².